The SMILES string of the molecule is CCc1cc(Br)ccc1CC(Cl)C(=O)OC. The van der Waals surface area contributed by atoms with Crippen LogP contribution in [-0.4, -0.2) is 18.5 Å². The molecule has 1 atom stereocenters. The molecule has 2 nitrogen and oxygen atoms in total. The van der Waals surface area contributed by atoms with Gasteiger partial charge in [-0.05, 0) is 36.1 Å². The van der Waals surface area contributed by atoms with Crippen LogP contribution in [0.2, 0.25) is 0 Å². The maximum absolute atomic E-state index is 11.2. The molecule has 0 saturated carbocycles. The highest BCUT2D eigenvalue weighted by Crippen LogP contribution is 2.20. The summed E-state index contributed by atoms with van der Waals surface area (Å²) >= 11 is 9.37. The Morgan fingerprint density at radius 3 is 2.75 bits per heavy atom. The Balaban J connectivity index is 2.84. The lowest BCUT2D eigenvalue weighted by atomic mass is 10.0. The lowest BCUT2D eigenvalue weighted by Crippen LogP contribution is -2.19. The number of rotatable bonds is 4. The van der Waals surface area contributed by atoms with Crippen molar-refractivity contribution in [3.8, 4) is 0 Å². The second-order valence-corrected chi connectivity index (χ2v) is 4.90. The van der Waals surface area contributed by atoms with Crippen molar-refractivity contribution in [2.24, 2.45) is 0 Å². The Bertz CT molecular complexity index is 379. The Labute approximate surface area is 109 Å². The van der Waals surface area contributed by atoms with Crippen molar-refractivity contribution >= 4 is 33.5 Å². The van der Waals surface area contributed by atoms with E-state index in [1.165, 1.54) is 12.7 Å². The highest BCUT2D eigenvalue weighted by molar-refractivity contribution is 9.10. The highest BCUT2D eigenvalue weighted by atomic mass is 79.9. The van der Waals surface area contributed by atoms with Crippen molar-refractivity contribution < 1.29 is 9.53 Å². The molecule has 0 aliphatic heterocycles. The van der Waals surface area contributed by atoms with Crippen LogP contribution in [-0.2, 0) is 22.4 Å². The normalized spacial score (nSPS) is 12.2. The minimum atomic E-state index is -0.614. The number of methoxy groups -OCH3 is 1. The van der Waals surface area contributed by atoms with Gasteiger partial charge in [-0.15, -0.1) is 11.6 Å². The van der Waals surface area contributed by atoms with Gasteiger partial charge >= 0.3 is 5.97 Å². The molecule has 0 aromatic heterocycles. The van der Waals surface area contributed by atoms with Gasteiger partial charge in [0.15, 0.2) is 0 Å². The summed E-state index contributed by atoms with van der Waals surface area (Å²) in [5.74, 6) is -0.383. The molecule has 0 bridgehead atoms. The van der Waals surface area contributed by atoms with Gasteiger partial charge in [0.25, 0.3) is 0 Å². The Hall–Kier alpha value is -0.540. The molecule has 0 radical (unpaired) electrons. The fourth-order valence-corrected chi connectivity index (χ4v) is 2.19. The fourth-order valence-electron chi connectivity index (χ4n) is 1.53. The Morgan fingerprint density at radius 2 is 2.19 bits per heavy atom. The zero-order valence-electron chi connectivity index (χ0n) is 9.30. The maximum atomic E-state index is 11.2. The Morgan fingerprint density at radius 1 is 1.50 bits per heavy atom. The van der Waals surface area contributed by atoms with E-state index in [0.29, 0.717) is 6.42 Å². The zero-order chi connectivity index (χ0) is 12.1. The molecule has 1 aromatic carbocycles. The van der Waals surface area contributed by atoms with Gasteiger partial charge in [-0.3, -0.25) is 4.79 Å². The van der Waals surface area contributed by atoms with Crippen LogP contribution in [0.4, 0.5) is 0 Å². The van der Waals surface area contributed by atoms with Gasteiger partial charge in [0, 0.05) is 4.47 Å². The molecule has 0 heterocycles. The quantitative estimate of drug-likeness (QED) is 0.630. The van der Waals surface area contributed by atoms with Crippen molar-refractivity contribution in [3.63, 3.8) is 0 Å². The summed E-state index contributed by atoms with van der Waals surface area (Å²) in [6.45, 7) is 2.08. The van der Waals surface area contributed by atoms with Crippen LogP contribution in [0.15, 0.2) is 22.7 Å². The summed E-state index contributed by atoms with van der Waals surface area (Å²) in [6.07, 6.45) is 1.42. The third-order valence-electron chi connectivity index (χ3n) is 2.41. The van der Waals surface area contributed by atoms with Crippen LogP contribution in [0.5, 0.6) is 0 Å². The predicted molar refractivity (Wildman–Crippen MR) is 68.9 cm³/mol. The lowest BCUT2D eigenvalue weighted by molar-refractivity contribution is -0.140. The number of carbonyl (C=O) groups is 1. The van der Waals surface area contributed by atoms with Gasteiger partial charge < -0.3 is 4.74 Å². The van der Waals surface area contributed by atoms with Gasteiger partial charge in [0.05, 0.1) is 7.11 Å². The number of carbonyl (C=O) groups excluding carboxylic acids is 1. The number of halogens is 2. The van der Waals surface area contributed by atoms with Crippen LogP contribution in [0.3, 0.4) is 0 Å². The second-order valence-electron chi connectivity index (χ2n) is 3.46. The number of ether oxygens (including phenoxy) is 1. The molecule has 0 N–H and O–H groups in total. The van der Waals surface area contributed by atoms with Gasteiger partial charge in [-0.2, -0.15) is 0 Å². The summed E-state index contributed by atoms with van der Waals surface area (Å²) < 4.78 is 5.64. The summed E-state index contributed by atoms with van der Waals surface area (Å²) in [4.78, 5) is 11.2. The van der Waals surface area contributed by atoms with E-state index in [0.717, 1.165) is 16.5 Å². The number of benzene rings is 1. The topological polar surface area (TPSA) is 26.3 Å². The summed E-state index contributed by atoms with van der Waals surface area (Å²) in [6, 6.07) is 5.99. The largest absolute Gasteiger partial charge is 0.468 e. The molecular weight excluding hydrogens is 291 g/mol. The first-order chi connectivity index (χ1) is 7.58. The van der Waals surface area contributed by atoms with E-state index in [1.54, 1.807) is 0 Å². The molecule has 1 rings (SSSR count). The summed E-state index contributed by atoms with van der Waals surface area (Å²) in [7, 11) is 1.35. The minimum absolute atomic E-state index is 0.383. The van der Waals surface area contributed by atoms with E-state index < -0.39 is 5.38 Å². The van der Waals surface area contributed by atoms with Gasteiger partial charge in [0.2, 0.25) is 0 Å². The first kappa shape index (κ1) is 13.5. The molecule has 0 amide bonds. The molecule has 0 saturated heterocycles. The number of hydrogen-bond acceptors (Lipinski definition) is 2. The number of alkyl halides is 1. The molecule has 0 aliphatic rings. The number of hydrogen-bond donors (Lipinski definition) is 0. The van der Waals surface area contributed by atoms with Crippen LogP contribution >= 0.6 is 27.5 Å². The molecule has 0 aliphatic carbocycles. The van der Waals surface area contributed by atoms with E-state index in [4.69, 9.17) is 11.6 Å². The monoisotopic (exact) mass is 304 g/mol. The van der Waals surface area contributed by atoms with E-state index in [1.807, 2.05) is 12.1 Å². The van der Waals surface area contributed by atoms with E-state index in [2.05, 4.69) is 33.7 Å². The maximum Gasteiger partial charge on any atom is 0.324 e. The zero-order valence-corrected chi connectivity index (χ0v) is 11.6. The molecule has 16 heavy (non-hydrogen) atoms. The molecule has 4 heteroatoms. The van der Waals surface area contributed by atoms with Gasteiger partial charge in [-0.25, -0.2) is 0 Å². The summed E-state index contributed by atoms with van der Waals surface area (Å²) in [5, 5.41) is -0.614. The van der Waals surface area contributed by atoms with Crippen molar-refractivity contribution in [2.75, 3.05) is 7.11 Å². The average molecular weight is 306 g/mol. The molecule has 0 spiro atoms. The van der Waals surface area contributed by atoms with Crippen LogP contribution in [0.25, 0.3) is 0 Å². The molecule has 88 valence electrons. The van der Waals surface area contributed by atoms with Crippen molar-refractivity contribution in [2.45, 2.75) is 25.1 Å². The predicted octanol–water partition coefficient (Wildman–Crippen LogP) is 3.33. The van der Waals surface area contributed by atoms with Crippen molar-refractivity contribution in [1.82, 2.24) is 0 Å². The average Bonchev–Trinajstić information content (AvgIpc) is 2.30. The Kier molecular flexibility index (Phi) is 5.29. The number of aryl methyl sites for hydroxylation is 1. The third kappa shape index (κ3) is 3.49. The smallest absolute Gasteiger partial charge is 0.324 e. The lowest BCUT2D eigenvalue weighted by Gasteiger charge is -2.11. The van der Waals surface area contributed by atoms with Crippen LogP contribution in [0.1, 0.15) is 18.1 Å². The van der Waals surface area contributed by atoms with Crippen molar-refractivity contribution in [1.29, 1.82) is 0 Å². The van der Waals surface area contributed by atoms with Crippen LogP contribution in [0, 0.1) is 0 Å². The minimum Gasteiger partial charge on any atom is -0.468 e. The first-order valence-electron chi connectivity index (χ1n) is 5.07. The van der Waals surface area contributed by atoms with E-state index in [9.17, 15) is 4.79 Å². The highest BCUT2D eigenvalue weighted by Gasteiger charge is 2.17. The number of esters is 1. The molecule has 1 aromatic rings. The van der Waals surface area contributed by atoms with E-state index in [-0.39, 0.29) is 5.97 Å². The molecule has 1 unspecified atom stereocenters. The van der Waals surface area contributed by atoms with Crippen LogP contribution < -0.4 is 0 Å². The van der Waals surface area contributed by atoms with E-state index >= 15 is 0 Å². The fraction of sp³-hybridized carbons (Fsp3) is 0.417. The molecular formula is C12H14BrClO2. The summed E-state index contributed by atoms with van der Waals surface area (Å²) in [5.41, 5.74) is 2.29. The third-order valence-corrected chi connectivity index (χ3v) is 3.23. The first-order valence-corrected chi connectivity index (χ1v) is 6.30. The van der Waals surface area contributed by atoms with Gasteiger partial charge in [0.1, 0.15) is 5.38 Å². The standard InChI is InChI=1S/C12H14BrClO2/c1-3-8-6-10(13)5-4-9(8)7-11(14)12(15)16-2/h4-6,11H,3,7H2,1-2H3. The van der Waals surface area contributed by atoms with Gasteiger partial charge in [-0.1, -0.05) is 28.9 Å². The molecule has 0 fully saturated rings. The van der Waals surface area contributed by atoms with Crippen molar-refractivity contribution in [3.05, 3.63) is 33.8 Å². The second kappa shape index (κ2) is 6.26.